The smallest absolute Gasteiger partial charge is 0.409 e. The topological polar surface area (TPSA) is 88.3 Å². The number of guanidine groups is 1. The van der Waals surface area contributed by atoms with Crippen LogP contribution < -0.4 is 10.6 Å². The lowest BCUT2D eigenvalue weighted by Gasteiger charge is -2.32. The zero-order valence-electron chi connectivity index (χ0n) is 16.4. The molecule has 2 N–H and O–H groups in total. The van der Waals surface area contributed by atoms with Gasteiger partial charge in [0, 0.05) is 38.7 Å². The monoisotopic (exact) mass is 506 g/mol. The molecule has 1 atom stereocenters. The van der Waals surface area contributed by atoms with Crippen molar-refractivity contribution in [2.24, 2.45) is 4.99 Å². The second kappa shape index (κ2) is 12.2. The molecule has 2 aliphatic rings. The predicted octanol–water partition coefficient (Wildman–Crippen LogP) is 2.39. The van der Waals surface area contributed by atoms with Gasteiger partial charge in [0.05, 0.1) is 26.0 Å². The molecule has 0 bridgehead atoms. The van der Waals surface area contributed by atoms with E-state index in [0.717, 1.165) is 57.0 Å². The first-order valence-corrected chi connectivity index (χ1v) is 9.76. The third-order valence-corrected chi connectivity index (χ3v) is 4.99. The molecule has 28 heavy (non-hydrogen) atoms. The molecular formula is C19H31IN4O4. The Labute approximate surface area is 183 Å². The third kappa shape index (κ3) is 7.16. The summed E-state index contributed by atoms with van der Waals surface area (Å²) in [5.41, 5.74) is 0. The number of aliphatic imine (C=N–C) groups is 1. The number of likely N-dealkylation sites (tertiary alicyclic amines) is 1. The lowest BCUT2D eigenvalue weighted by Crippen LogP contribution is -2.50. The number of hydrogen-bond donors (Lipinski definition) is 2. The quantitative estimate of drug-likeness (QED) is 0.350. The summed E-state index contributed by atoms with van der Waals surface area (Å²) >= 11 is 0. The summed E-state index contributed by atoms with van der Waals surface area (Å²) in [4.78, 5) is 18.1. The summed E-state index contributed by atoms with van der Waals surface area (Å²) in [5, 5.41) is 6.90. The normalized spacial score (nSPS) is 20.5. The Morgan fingerprint density at radius 2 is 2.18 bits per heavy atom. The van der Waals surface area contributed by atoms with E-state index in [2.05, 4.69) is 10.6 Å². The summed E-state index contributed by atoms with van der Waals surface area (Å²) < 4.78 is 15.9. The fourth-order valence-electron chi connectivity index (χ4n) is 3.42. The van der Waals surface area contributed by atoms with Gasteiger partial charge in [0.25, 0.3) is 0 Å². The molecule has 9 heteroatoms. The van der Waals surface area contributed by atoms with E-state index in [4.69, 9.17) is 18.9 Å². The second-order valence-corrected chi connectivity index (χ2v) is 6.96. The van der Waals surface area contributed by atoms with Crippen molar-refractivity contribution in [2.45, 2.75) is 44.2 Å². The van der Waals surface area contributed by atoms with Crippen LogP contribution in [0.5, 0.6) is 0 Å². The van der Waals surface area contributed by atoms with E-state index in [1.807, 2.05) is 12.1 Å². The number of piperidine rings is 1. The van der Waals surface area contributed by atoms with Gasteiger partial charge in [-0.1, -0.05) is 0 Å². The molecule has 1 unspecified atom stereocenters. The molecule has 1 aromatic rings. The van der Waals surface area contributed by atoms with Crippen LogP contribution in [0.15, 0.2) is 27.8 Å². The maximum Gasteiger partial charge on any atom is 0.409 e. The van der Waals surface area contributed by atoms with Crippen LogP contribution in [0.1, 0.15) is 31.4 Å². The highest BCUT2D eigenvalue weighted by atomic mass is 127. The van der Waals surface area contributed by atoms with Crippen molar-refractivity contribution in [3.63, 3.8) is 0 Å². The van der Waals surface area contributed by atoms with Crippen molar-refractivity contribution in [3.05, 3.63) is 24.2 Å². The zero-order valence-corrected chi connectivity index (χ0v) is 18.7. The fourth-order valence-corrected chi connectivity index (χ4v) is 3.42. The Morgan fingerprint density at radius 1 is 1.36 bits per heavy atom. The summed E-state index contributed by atoms with van der Waals surface area (Å²) in [6.45, 7) is 3.62. The number of carbonyl (C=O) groups is 1. The second-order valence-electron chi connectivity index (χ2n) is 6.96. The maximum absolute atomic E-state index is 11.6. The molecule has 1 aromatic heterocycles. The summed E-state index contributed by atoms with van der Waals surface area (Å²) in [5.74, 6) is 1.75. The molecular weight excluding hydrogens is 475 g/mol. The summed E-state index contributed by atoms with van der Waals surface area (Å²) in [6, 6.07) is 4.15. The summed E-state index contributed by atoms with van der Waals surface area (Å²) in [7, 11) is 1.42. The molecule has 2 saturated heterocycles. The molecule has 0 saturated carbocycles. The minimum Gasteiger partial charge on any atom is -0.469 e. The number of amides is 1. The van der Waals surface area contributed by atoms with Crippen LogP contribution in [0.4, 0.5) is 4.79 Å². The number of hydrogen-bond acceptors (Lipinski definition) is 5. The Morgan fingerprint density at radius 3 is 2.82 bits per heavy atom. The van der Waals surface area contributed by atoms with Gasteiger partial charge in [0.2, 0.25) is 0 Å². The average Bonchev–Trinajstić information content (AvgIpc) is 3.40. The Hall–Kier alpha value is -1.49. The van der Waals surface area contributed by atoms with Gasteiger partial charge in [-0.3, -0.25) is 4.99 Å². The number of ether oxygens (including phenoxy) is 2. The molecule has 3 heterocycles. The molecule has 3 rings (SSSR count). The van der Waals surface area contributed by atoms with Crippen molar-refractivity contribution in [2.75, 3.05) is 39.9 Å². The van der Waals surface area contributed by atoms with Crippen LogP contribution in [0.25, 0.3) is 0 Å². The van der Waals surface area contributed by atoms with Crippen molar-refractivity contribution in [3.8, 4) is 0 Å². The maximum atomic E-state index is 11.6. The Balaban J connectivity index is 0.00000280. The molecule has 0 aliphatic carbocycles. The molecule has 0 aromatic carbocycles. The van der Waals surface area contributed by atoms with E-state index >= 15 is 0 Å². The number of rotatable bonds is 6. The van der Waals surface area contributed by atoms with Gasteiger partial charge < -0.3 is 29.4 Å². The van der Waals surface area contributed by atoms with Crippen LogP contribution in [-0.2, 0) is 15.9 Å². The molecule has 0 spiro atoms. The van der Waals surface area contributed by atoms with E-state index < -0.39 is 0 Å². The number of methoxy groups -OCH3 is 1. The first kappa shape index (κ1) is 22.8. The third-order valence-electron chi connectivity index (χ3n) is 4.99. The van der Waals surface area contributed by atoms with Crippen molar-refractivity contribution in [1.82, 2.24) is 15.5 Å². The van der Waals surface area contributed by atoms with Crippen LogP contribution >= 0.6 is 24.0 Å². The van der Waals surface area contributed by atoms with Crippen molar-refractivity contribution in [1.29, 1.82) is 0 Å². The van der Waals surface area contributed by atoms with Gasteiger partial charge in [-0.2, -0.15) is 0 Å². The number of furan rings is 1. The Bertz CT molecular complexity index is 597. The van der Waals surface area contributed by atoms with Gasteiger partial charge in [-0.25, -0.2) is 4.79 Å². The van der Waals surface area contributed by atoms with Crippen LogP contribution in [0.2, 0.25) is 0 Å². The lowest BCUT2D eigenvalue weighted by molar-refractivity contribution is 0.111. The molecule has 0 radical (unpaired) electrons. The molecule has 2 aliphatic heterocycles. The minimum atomic E-state index is -0.253. The van der Waals surface area contributed by atoms with Gasteiger partial charge in [0.15, 0.2) is 5.96 Å². The lowest BCUT2D eigenvalue weighted by atomic mass is 10.1. The summed E-state index contributed by atoms with van der Waals surface area (Å²) in [6.07, 6.45) is 6.37. The fraction of sp³-hybridized carbons (Fsp3) is 0.684. The number of carbonyl (C=O) groups excluding carboxylic acids is 1. The first-order chi connectivity index (χ1) is 13.2. The highest BCUT2D eigenvalue weighted by Gasteiger charge is 2.24. The van der Waals surface area contributed by atoms with E-state index in [0.29, 0.717) is 19.6 Å². The minimum absolute atomic E-state index is 0. The van der Waals surface area contributed by atoms with Gasteiger partial charge >= 0.3 is 6.09 Å². The average molecular weight is 506 g/mol. The largest absolute Gasteiger partial charge is 0.469 e. The van der Waals surface area contributed by atoms with Crippen LogP contribution in [-0.4, -0.2) is 69.0 Å². The van der Waals surface area contributed by atoms with Gasteiger partial charge in [-0.15, -0.1) is 24.0 Å². The van der Waals surface area contributed by atoms with E-state index in [1.54, 1.807) is 11.2 Å². The highest BCUT2D eigenvalue weighted by Crippen LogP contribution is 2.13. The van der Waals surface area contributed by atoms with E-state index in [1.165, 1.54) is 7.11 Å². The SMILES string of the molecule is COC(=O)N1CCC(NC(=NCC2CCCO2)NCCc2ccco2)CC1.I. The van der Waals surface area contributed by atoms with Gasteiger partial charge in [0.1, 0.15) is 5.76 Å². The molecule has 158 valence electrons. The highest BCUT2D eigenvalue weighted by molar-refractivity contribution is 14.0. The van der Waals surface area contributed by atoms with Gasteiger partial charge in [-0.05, 0) is 37.8 Å². The van der Waals surface area contributed by atoms with E-state index in [-0.39, 0.29) is 42.2 Å². The molecule has 2 fully saturated rings. The number of nitrogens with one attached hydrogen (secondary N) is 2. The molecule has 1 amide bonds. The van der Waals surface area contributed by atoms with E-state index in [9.17, 15) is 4.79 Å². The van der Waals surface area contributed by atoms with Crippen LogP contribution in [0, 0.1) is 0 Å². The number of halogens is 1. The van der Waals surface area contributed by atoms with Crippen molar-refractivity contribution < 1.29 is 18.7 Å². The standard InChI is InChI=1S/C19H30N4O4.HI/c1-25-19(24)23-10-7-15(8-11-23)22-18(21-14-17-5-3-13-27-17)20-9-6-16-4-2-12-26-16;/h2,4,12,15,17H,3,5-11,13-14H2,1H3,(H2,20,21,22);1H. The predicted molar refractivity (Wildman–Crippen MR) is 117 cm³/mol. The van der Waals surface area contributed by atoms with Crippen molar-refractivity contribution >= 4 is 36.0 Å². The Kier molecular flexibility index (Phi) is 9.89. The molecule has 8 nitrogen and oxygen atoms in total. The van der Waals surface area contributed by atoms with Crippen LogP contribution in [0.3, 0.4) is 0 Å². The number of nitrogens with zero attached hydrogens (tertiary/aromatic N) is 2. The first-order valence-electron chi connectivity index (χ1n) is 9.76. The zero-order chi connectivity index (χ0) is 18.9.